The number of anilines is 1. The van der Waals surface area contributed by atoms with Gasteiger partial charge in [-0.05, 0) is 36.2 Å². The van der Waals surface area contributed by atoms with Crippen LogP contribution in [0, 0.1) is 0 Å². The first-order valence-corrected chi connectivity index (χ1v) is 12.1. The van der Waals surface area contributed by atoms with Gasteiger partial charge in [0.05, 0.1) is 32.1 Å². The van der Waals surface area contributed by atoms with E-state index in [1.807, 2.05) is 36.1 Å². The van der Waals surface area contributed by atoms with E-state index in [2.05, 4.69) is 15.0 Å². The summed E-state index contributed by atoms with van der Waals surface area (Å²) in [6, 6.07) is 9.20. The number of morpholine rings is 1. The van der Waals surface area contributed by atoms with Crippen LogP contribution < -0.4 is 9.64 Å². The van der Waals surface area contributed by atoms with Gasteiger partial charge in [-0.15, -0.1) is 0 Å². The van der Waals surface area contributed by atoms with Crippen molar-refractivity contribution in [2.24, 2.45) is 0 Å². The van der Waals surface area contributed by atoms with Gasteiger partial charge in [0.15, 0.2) is 0 Å². The molecule has 2 aromatic heterocycles. The van der Waals surface area contributed by atoms with E-state index in [1.165, 1.54) is 6.20 Å². The van der Waals surface area contributed by atoms with Crippen molar-refractivity contribution in [3.63, 3.8) is 0 Å². The molecule has 0 bridgehead atoms. The van der Waals surface area contributed by atoms with Crippen molar-refractivity contribution in [3.05, 3.63) is 59.3 Å². The lowest BCUT2D eigenvalue weighted by Gasteiger charge is -2.34. The quantitative estimate of drug-likeness (QED) is 0.479. The lowest BCUT2D eigenvalue weighted by Crippen LogP contribution is -2.44. The number of hydrogen-bond acceptors (Lipinski definition) is 8. The molecule has 32 heavy (non-hydrogen) atoms. The maximum atomic E-state index is 13.2. The Bertz CT molecular complexity index is 1180. The number of ether oxygens (including phenoxy) is 2. The number of hydrogen-bond donors (Lipinski definition) is 0. The largest absolute Gasteiger partial charge is 0.497 e. The molecule has 1 saturated heterocycles. The molecule has 0 aliphatic carbocycles. The van der Waals surface area contributed by atoms with Gasteiger partial charge in [-0.25, -0.2) is 23.4 Å². The number of aromatic nitrogens is 4. The Kier molecular flexibility index (Phi) is 6.63. The van der Waals surface area contributed by atoms with E-state index in [0.29, 0.717) is 37.8 Å². The van der Waals surface area contributed by atoms with E-state index in [0.717, 1.165) is 11.3 Å². The lowest BCUT2D eigenvalue weighted by molar-refractivity contribution is 0.0985. The molecule has 11 heteroatoms. The summed E-state index contributed by atoms with van der Waals surface area (Å²) in [6.07, 6.45) is 3.12. The molecule has 9 nitrogen and oxygen atoms in total. The molecule has 1 aliphatic heterocycles. The zero-order valence-electron chi connectivity index (χ0n) is 17.8. The molecule has 0 N–H and O–H groups in total. The van der Waals surface area contributed by atoms with E-state index in [-0.39, 0.29) is 22.2 Å². The number of methoxy groups -OCH3 is 1. The standard InChI is InChI=1S/C21H24ClN5O4S/c1-15-13-31-10-9-27(15)19-11-17(24-20(22)25-19)14-32(28,29)21-23-7-8-26(21)12-16-3-5-18(30-2)6-4-16/h3-8,11,15H,9-10,12-14H2,1-2H3/t15-/m0/s1. The van der Waals surface area contributed by atoms with E-state index >= 15 is 0 Å². The highest BCUT2D eigenvalue weighted by molar-refractivity contribution is 7.90. The van der Waals surface area contributed by atoms with Gasteiger partial charge in [0.25, 0.3) is 0 Å². The Balaban J connectivity index is 1.57. The van der Waals surface area contributed by atoms with Crippen molar-refractivity contribution in [3.8, 4) is 5.75 Å². The summed E-state index contributed by atoms with van der Waals surface area (Å²) < 4.78 is 38.6. The predicted octanol–water partition coefficient (Wildman–Crippen LogP) is 2.58. The van der Waals surface area contributed by atoms with Crippen molar-refractivity contribution in [1.29, 1.82) is 0 Å². The highest BCUT2D eigenvalue weighted by Crippen LogP contribution is 2.23. The van der Waals surface area contributed by atoms with E-state index in [9.17, 15) is 8.42 Å². The fourth-order valence-electron chi connectivity index (χ4n) is 3.62. The summed E-state index contributed by atoms with van der Waals surface area (Å²) in [5, 5.41) is -0.0164. The fourth-order valence-corrected chi connectivity index (χ4v) is 5.19. The summed E-state index contributed by atoms with van der Waals surface area (Å²) in [5.41, 5.74) is 1.24. The number of halogens is 1. The fraction of sp³-hybridized carbons (Fsp3) is 0.381. The third-order valence-corrected chi connectivity index (χ3v) is 6.95. The van der Waals surface area contributed by atoms with Crippen molar-refractivity contribution in [2.75, 3.05) is 31.8 Å². The highest BCUT2D eigenvalue weighted by Gasteiger charge is 2.25. The second-order valence-corrected chi connectivity index (χ2v) is 9.77. The molecular weight excluding hydrogens is 454 g/mol. The SMILES string of the molecule is COc1ccc(Cn2ccnc2S(=O)(=O)Cc2cc(N3CCOC[C@@H]3C)nc(Cl)n2)cc1. The van der Waals surface area contributed by atoms with Crippen molar-refractivity contribution < 1.29 is 17.9 Å². The van der Waals surface area contributed by atoms with E-state index in [4.69, 9.17) is 21.1 Å². The molecule has 1 atom stereocenters. The van der Waals surface area contributed by atoms with Crippen LogP contribution in [0.4, 0.5) is 5.82 Å². The Morgan fingerprint density at radius 3 is 2.75 bits per heavy atom. The van der Waals surface area contributed by atoms with Crippen LogP contribution >= 0.6 is 11.6 Å². The normalized spacial score (nSPS) is 16.8. The number of rotatable bonds is 7. The van der Waals surface area contributed by atoms with Gasteiger partial charge in [-0.1, -0.05) is 12.1 Å². The second kappa shape index (κ2) is 9.43. The molecule has 0 spiro atoms. The van der Waals surface area contributed by atoms with E-state index < -0.39 is 9.84 Å². The van der Waals surface area contributed by atoms with Crippen LogP contribution in [0.5, 0.6) is 5.75 Å². The maximum absolute atomic E-state index is 13.2. The molecule has 170 valence electrons. The first-order valence-electron chi connectivity index (χ1n) is 10.1. The molecule has 1 fully saturated rings. The lowest BCUT2D eigenvalue weighted by atomic mass is 10.2. The van der Waals surface area contributed by atoms with E-state index in [1.54, 1.807) is 23.9 Å². The van der Waals surface area contributed by atoms with Crippen molar-refractivity contribution in [1.82, 2.24) is 19.5 Å². The average Bonchev–Trinajstić information content (AvgIpc) is 3.23. The molecule has 3 aromatic rings. The zero-order valence-corrected chi connectivity index (χ0v) is 19.4. The van der Waals surface area contributed by atoms with Crippen LogP contribution in [0.3, 0.4) is 0 Å². The van der Waals surface area contributed by atoms with Crippen molar-refractivity contribution in [2.45, 2.75) is 30.4 Å². The first kappa shape index (κ1) is 22.5. The Morgan fingerprint density at radius 1 is 1.25 bits per heavy atom. The summed E-state index contributed by atoms with van der Waals surface area (Å²) in [7, 11) is -2.18. The molecule has 1 aromatic carbocycles. The molecule has 0 radical (unpaired) electrons. The van der Waals surface area contributed by atoms with Crippen LogP contribution in [-0.4, -0.2) is 60.8 Å². The molecule has 4 rings (SSSR count). The Labute approximate surface area is 191 Å². The Hall–Kier alpha value is -2.69. The van der Waals surface area contributed by atoms with Gasteiger partial charge in [0.1, 0.15) is 17.3 Å². The Morgan fingerprint density at radius 2 is 2.03 bits per heavy atom. The first-order chi connectivity index (χ1) is 15.4. The number of nitrogens with zero attached hydrogens (tertiary/aromatic N) is 5. The van der Waals surface area contributed by atoms with Gasteiger partial charge in [0, 0.05) is 31.5 Å². The second-order valence-electron chi connectivity index (χ2n) is 7.55. The van der Waals surface area contributed by atoms with Gasteiger partial charge in [0.2, 0.25) is 20.3 Å². The number of imidazole rings is 1. The molecule has 3 heterocycles. The summed E-state index contributed by atoms with van der Waals surface area (Å²) in [6.45, 7) is 4.16. The average molecular weight is 478 g/mol. The topological polar surface area (TPSA) is 99.4 Å². The van der Waals surface area contributed by atoms with Crippen LogP contribution in [0.15, 0.2) is 47.9 Å². The highest BCUT2D eigenvalue weighted by atomic mass is 35.5. The van der Waals surface area contributed by atoms with Gasteiger partial charge in [-0.2, -0.15) is 0 Å². The minimum atomic E-state index is -3.78. The summed E-state index contributed by atoms with van der Waals surface area (Å²) in [4.78, 5) is 14.6. The van der Waals surface area contributed by atoms with Gasteiger partial charge < -0.3 is 18.9 Å². The minimum absolute atomic E-state index is 0.00738. The van der Waals surface area contributed by atoms with Crippen molar-refractivity contribution >= 4 is 27.3 Å². The summed E-state index contributed by atoms with van der Waals surface area (Å²) >= 11 is 6.13. The third-order valence-electron chi connectivity index (χ3n) is 5.21. The van der Waals surface area contributed by atoms with Crippen LogP contribution in [0.25, 0.3) is 0 Å². The molecular formula is C21H24ClN5O4S. The molecule has 0 unspecified atom stereocenters. The molecule has 1 aliphatic rings. The predicted molar refractivity (Wildman–Crippen MR) is 120 cm³/mol. The maximum Gasteiger partial charge on any atom is 0.228 e. The van der Waals surface area contributed by atoms with Crippen LogP contribution in [0.2, 0.25) is 5.28 Å². The molecule has 0 amide bonds. The van der Waals surface area contributed by atoms with Gasteiger partial charge >= 0.3 is 0 Å². The number of sulfone groups is 1. The third kappa shape index (κ3) is 5.03. The monoisotopic (exact) mass is 477 g/mol. The van der Waals surface area contributed by atoms with Crippen LogP contribution in [-0.2, 0) is 26.9 Å². The smallest absolute Gasteiger partial charge is 0.228 e. The van der Waals surface area contributed by atoms with Crippen LogP contribution in [0.1, 0.15) is 18.2 Å². The zero-order chi connectivity index (χ0) is 22.7. The van der Waals surface area contributed by atoms with Gasteiger partial charge in [-0.3, -0.25) is 0 Å². The minimum Gasteiger partial charge on any atom is -0.497 e. The molecule has 0 saturated carbocycles. The summed E-state index contributed by atoms with van der Waals surface area (Å²) in [5.74, 6) is 0.992. The number of benzene rings is 1.